The van der Waals surface area contributed by atoms with Gasteiger partial charge < -0.3 is 20.1 Å². The van der Waals surface area contributed by atoms with Crippen molar-refractivity contribution >= 4 is 6.03 Å². The van der Waals surface area contributed by atoms with Crippen molar-refractivity contribution < 1.29 is 14.6 Å². The molecule has 1 aromatic carbocycles. The fourth-order valence-electron chi connectivity index (χ4n) is 2.75. The molecule has 0 aliphatic carbocycles. The third kappa shape index (κ3) is 3.29. The Morgan fingerprint density at radius 3 is 2.76 bits per heavy atom. The van der Waals surface area contributed by atoms with E-state index in [1.165, 1.54) is 0 Å². The summed E-state index contributed by atoms with van der Waals surface area (Å²) in [6.07, 6.45) is 0.154. The summed E-state index contributed by atoms with van der Waals surface area (Å²) >= 11 is 0. The molecule has 1 atom stereocenters. The largest absolute Gasteiger partial charge is 0.497 e. The summed E-state index contributed by atoms with van der Waals surface area (Å²) in [4.78, 5) is 14.0. The molecule has 0 saturated carbocycles. The second kappa shape index (κ2) is 5.93. The Labute approximate surface area is 125 Å². The fourth-order valence-corrected chi connectivity index (χ4v) is 2.75. The first kappa shape index (κ1) is 15.6. The highest BCUT2D eigenvalue weighted by Crippen LogP contribution is 2.28. The van der Waals surface area contributed by atoms with Gasteiger partial charge in [-0.2, -0.15) is 0 Å². The summed E-state index contributed by atoms with van der Waals surface area (Å²) < 4.78 is 5.23. The summed E-state index contributed by atoms with van der Waals surface area (Å²) in [5, 5.41) is 12.8. The van der Waals surface area contributed by atoms with E-state index in [9.17, 15) is 9.90 Å². The summed E-state index contributed by atoms with van der Waals surface area (Å²) in [5.74, 6) is 0.788. The standard InChI is InChI=1S/C16H24N2O3/c1-11-7-12(9-13(8-11)21-4)10-17-15(20)18-6-5-14(19)16(18,2)3/h7-9,14,19H,5-6,10H2,1-4H3,(H,17,20). The number of rotatable bonds is 3. The predicted molar refractivity (Wildman–Crippen MR) is 81.4 cm³/mol. The molecule has 2 N–H and O–H groups in total. The maximum atomic E-state index is 12.3. The van der Waals surface area contributed by atoms with E-state index in [4.69, 9.17) is 4.74 Å². The van der Waals surface area contributed by atoms with Gasteiger partial charge in [0.2, 0.25) is 0 Å². The van der Waals surface area contributed by atoms with Crippen molar-refractivity contribution in [2.75, 3.05) is 13.7 Å². The molecular weight excluding hydrogens is 268 g/mol. The van der Waals surface area contributed by atoms with Crippen molar-refractivity contribution in [3.05, 3.63) is 29.3 Å². The molecule has 1 aromatic rings. The van der Waals surface area contributed by atoms with Crippen molar-refractivity contribution in [1.82, 2.24) is 10.2 Å². The molecule has 1 heterocycles. The second-order valence-electron chi connectivity index (χ2n) is 6.13. The third-order valence-corrected chi connectivity index (χ3v) is 4.17. The van der Waals surface area contributed by atoms with Crippen molar-refractivity contribution in [1.29, 1.82) is 0 Å². The summed E-state index contributed by atoms with van der Waals surface area (Å²) in [6, 6.07) is 5.74. The lowest BCUT2D eigenvalue weighted by molar-refractivity contribution is 0.0696. The van der Waals surface area contributed by atoms with E-state index in [-0.39, 0.29) is 6.03 Å². The average Bonchev–Trinajstić information content (AvgIpc) is 2.70. The maximum Gasteiger partial charge on any atom is 0.318 e. The minimum absolute atomic E-state index is 0.142. The number of aliphatic hydroxyl groups excluding tert-OH is 1. The van der Waals surface area contributed by atoms with Gasteiger partial charge in [0.25, 0.3) is 0 Å². The van der Waals surface area contributed by atoms with E-state index in [1.54, 1.807) is 12.0 Å². The molecule has 0 aromatic heterocycles. The van der Waals surface area contributed by atoms with Gasteiger partial charge in [0.05, 0.1) is 18.8 Å². The first-order valence-corrected chi connectivity index (χ1v) is 7.22. The van der Waals surface area contributed by atoms with Crippen LogP contribution in [0, 0.1) is 6.92 Å². The monoisotopic (exact) mass is 292 g/mol. The topological polar surface area (TPSA) is 61.8 Å². The number of ether oxygens (including phenoxy) is 1. The normalized spacial score (nSPS) is 20.4. The van der Waals surface area contributed by atoms with Gasteiger partial charge in [-0.25, -0.2) is 4.79 Å². The van der Waals surface area contributed by atoms with E-state index in [0.717, 1.165) is 16.9 Å². The van der Waals surface area contributed by atoms with Gasteiger partial charge in [0.1, 0.15) is 5.75 Å². The van der Waals surface area contributed by atoms with Crippen LogP contribution in [0.3, 0.4) is 0 Å². The average molecular weight is 292 g/mol. The Kier molecular flexibility index (Phi) is 4.42. The van der Waals surface area contributed by atoms with Crippen LogP contribution < -0.4 is 10.1 Å². The molecule has 1 aliphatic heterocycles. The van der Waals surface area contributed by atoms with Crippen LogP contribution in [-0.2, 0) is 6.54 Å². The zero-order chi connectivity index (χ0) is 15.6. The second-order valence-corrected chi connectivity index (χ2v) is 6.13. The minimum Gasteiger partial charge on any atom is -0.497 e. The first-order valence-electron chi connectivity index (χ1n) is 7.22. The van der Waals surface area contributed by atoms with Gasteiger partial charge in [0, 0.05) is 13.1 Å². The molecule has 1 saturated heterocycles. The van der Waals surface area contributed by atoms with Crippen LogP contribution in [0.4, 0.5) is 4.79 Å². The summed E-state index contributed by atoms with van der Waals surface area (Å²) in [6.45, 7) is 6.80. The maximum absolute atomic E-state index is 12.3. The first-order chi connectivity index (χ1) is 9.84. The van der Waals surface area contributed by atoms with Gasteiger partial charge in [-0.15, -0.1) is 0 Å². The number of carbonyl (C=O) groups excluding carboxylic acids is 1. The highest BCUT2D eigenvalue weighted by atomic mass is 16.5. The van der Waals surface area contributed by atoms with Gasteiger partial charge >= 0.3 is 6.03 Å². The quantitative estimate of drug-likeness (QED) is 0.896. The molecule has 0 radical (unpaired) electrons. The number of benzene rings is 1. The van der Waals surface area contributed by atoms with Crippen molar-refractivity contribution in [3.63, 3.8) is 0 Å². The molecule has 1 fully saturated rings. The number of aliphatic hydroxyl groups is 1. The third-order valence-electron chi connectivity index (χ3n) is 4.17. The molecular formula is C16H24N2O3. The van der Waals surface area contributed by atoms with Gasteiger partial charge in [-0.05, 0) is 50.5 Å². The number of amides is 2. The van der Waals surface area contributed by atoms with E-state index >= 15 is 0 Å². The van der Waals surface area contributed by atoms with Crippen LogP contribution in [0.1, 0.15) is 31.4 Å². The summed E-state index contributed by atoms with van der Waals surface area (Å²) in [7, 11) is 1.63. The number of nitrogens with one attached hydrogen (secondary N) is 1. The summed E-state index contributed by atoms with van der Waals surface area (Å²) in [5.41, 5.74) is 1.57. The lowest BCUT2D eigenvalue weighted by Crippen LogP contribution is -2.51. The molecule has 1 aliphatic rings. The van der Waals surface area contributed by atoms with Crippen LogP contribution in [0.25, 0.3) is 0 Å². The molecule has 0 spiro atoms. The van der Waals surface area contributed by atoms with E-state index in [2.05, 4.69) is 5.32 Å². The zero-order valence-corrected chi connectivity index (χ0v) is 13.1. The highest BCUT2D eigenvalue weighted by molar-refractivity contribution is 5.75. The number of carbonyl (C=O) groups is 1. The van der Waals surface area contributed by atoms with Crippen LogP contribution >= 0.6 is 0 Å². The van der Waals surface area contributed by atoms with Crippen molar-refractivity contribution in [3.8, 4) is 5.75 Å². The Hall–Kier alpha value is -1.75. The van der Waals surface area contributed by atoms with Crippen molar-refractivity contribution in [2.24, 2.45) is 0 Å². The number of urea groups is 1. The molecule has 5 nitrogen and oxygen atoms in total. The molecule has 1 unspecified atom stereocenters. The molecule has 5 heteroatoms. The fraction of sp³-hybridized carbons (Fsp3) is 0.562. The number of aryl methyl sites for hydroxylation is 1. The molecule has 21 heavy (non-hydrogen) atoms. The van der Waals surface area contributed by atoms with Crippen LogP contribution in [0.5, 0.6) is 5.75 Å². The Morgan fingerprint density at radius 2 is 2.19 bits per heavy atom. The van der Waals surface area contributed by atoms with E-state index in [0.29, 0.717) is 19.5 Å². The Morgan fingerprint density at radius 1 is 1.48 bits per heavy atom. The number of methoxy groups -OCH3 is 1. The number of likely N-dealkylation sites (tertiary alicyclic amines) is 1. The minimum atomic E-state index is -0.519. The van der Waals surface area contributed by atoms with Gasteiger partial charge in [-0.1, -0.05) is 6.07 Å². The zero-order valence-electron chi connectivity index (χ0n) is 13.1. The Balaban J connectivity index is 2.00. The highest BCUT2D eigenvalue weighted by Gasteiger charge is 2.42. The molecule has 116 valence electrons. The molecule has 2 amide bonds. The van der Waals surface area contributed by atoms with Gasteiger partial charge in [-0.3, -0.25) is 0 Å². The molecule has 2 rings (SSSR count). The van der Waals surface area contributed by atoms with Crippen LogP contribution in [0.2, 0.25) is 0 Å². The van der Waals surface area contributed by atoms with E-state index < -0.39 is 11.6 Å². The van der Waals surface area contributed by atoms with Gasteiger partial charge in [0.15, 0.2) is 0 Å². The lowest BCUT2D eigenvalue weighted by atomic mass is 9.99. The van der Waals surface area contributed by atoms with Crippen molar-refractivity contribution in [2.45, 2.75) is 45.4 Å². The molecule has 0 bridgehead atoms. The Bertz CT molecular complexity index is 528. The van der Waals surface area contributed by atoms with E-state index in [1.807, 2.05) is 39.0 Å². The van der Waals surface area contributed by atoms with Crippen LogP contribution in [-0.4, -0.2) is 41.3 Å². The number of hydrogen-bond acceptors (Lipinski definition) is 3. The SMILES string of the molecule is COc1cc(C)cc(CNC(=O)N2CCC(O)C2(C)C)c1. The number of nitrogens with zero attached hydrogens (tertiary/aromatic N) is 1. The number of hydrogen-bond donors (Lipinski definition) is 2. The van der Waals surface area contributed by atoms with Crippen LogP contribution in [0.15, 0.2) is 18.2 Å². The lowest BCUT2D eigenvalue weighted by Gasteiger charge is -2.33. The smallest absolute Gasteiger partial charge is 0.318 e. The predicted octanol–water partition coefficient (Wildman–Crippen LogP) is 2.06.